The Bertz CT molecular complexity index is 2510. The van der Waals surface area contributed by atoms with Crippen molar-refractivity contribution in [1.82, 2.24) is 11.0 Å². The molecule has 16 heteroatoms. The molecule has 0 bridgehead atoms. The summed E-state index contributed by atoms with van der Waals surface area (Å²) >= 11 is 0. The summed E-state index contributed by atoms with van der Waals surface area (Å²) in [6.45, 7) is 0. The lowest BCUT2D eigenvalue weighted by molar-refractivity contribution is -0.128. The quantitative estimate of drug-likeness (QED) is 0.0978. The minimum Gasteiger partial charge on any atom is -0.497 e. The number of carbonyl (C=O) groups excluding carboxylic acids is 2. The number of carbonyl (C=O) groups is 2. The molecule has 0 aliphatic heterocycles. The second kappa shape index (κ2) is 17.0. The number of fused-ring (bicyclic) bond motifs is 3. The van der Waals surface area contributed by atoms with Crippen LogP contribution in [0.1, 0.15) is 36.8 Å². The van der Waals surface area contributed by atoms with Crippen molar-refractivity contribution < 1.29 is 53.2 Å². The van der Waals surface area contributed by atoms with Gasteiger partial charge in [-0.25, -0.2) is 19.7 Å². The number of halogens is 2. The van der Waals surface area contributed by atoms with E-state index in [1.54, 1.807) is 48.5 Å². The Morgan fingerprint density at radius 2 is 0.946 bits per heavy atom. The molecule has 2 amide bonds. The van der Waals surface area contributed by atoms with E-state index in [9.17, 15) is 35.2 Å². The molecular formula is C40H36F2N2O10S2. The van der Waals surface area contributed by atoms with Gasteiger partial charge in [-0.15, -0.1) is 8.57 Å². The number of rotatable bonds is 16. The molecule has 0 aliphatic carbocycles. The number of amides is 2. The molecule has 0 radical (unpaired) electrons. The van der Waals surface area contributed by atoms with E-state index in [0.717, 1.165) is 11.1 Å². The Balaban J connectivity index is 1.06. The van der Waals surface area contributed by atoms with Gasteiger partial charge in [0.25, 0.3) is 0 Å². The van der Waals surface area contributed by atoms with Crippen LogP contribution in [0, 0.1) is 11.6 Å². The zero-order valence-electron chi connectivity index (χ0n) is 30.1. The summed E-state index contributed by atoms with van der Waals surface area (Å²) in [6, 6.07) is 23.4. The monoisotopic (exact) mass is 806 g/mol. The van der Waals surface area contributed by atoms with E-state index in [4.69, 9.17) is 18.0 Å². The Morgan fingerprint density at radius 1 is 0.536 bits per heavy atom. The first-order chi connectivity index (χ1) is 26.8. The van der Waals surface area contributed by atoms with Gasteiger partial charge >= 0.3 is 20.2 Å². The maximum atomic E-state index is 14.3. The third-order valence-corrected chi connectivity index (χ3v) is 11.5. The van der Waals surface area contributed by atoms with Crippen molar-refractivity contribution in [2.75, 3.05) is 14.2 Å². The number of nitrogens with one attached hydrogen (secondary N) is 2. The van der Waals surface area contributed by atoms with Gasteiger partial charge in [-0.2, -0.15) is 16.8 Å². The van der Waals surface area contributed by atoms with Crippen LogP contribution in [0.5, 0.6) is 11.5 Å². The molecule has 2 N–H and O–H groups in total. The first-order valence-electron chi connectivity index (χ1n) is 17.3. The first kappa shape index (κ1) is 40.0. The Kier molecular flexibility index (Phi) is 12.1. The molecule has 0 atom stereocenters. The molecule has 0 aromatic heterocycles. The lowest BCUT2D eigenvalue weighted by Gasteiger charge is -2.12. The highest BCUT2D eigenvalue weighted by molar-refractivity contribution is 7.87. The molecule has 0 heterocycles. The van der Waals surface area contributed by atoms with E-state index in [1.807, 2.05) is 11.0 Å². The lowest BCUT2D eigenvalue weighted by atomic mass is 9.99. The van der Waals surface area contributed by atoms with Crippen LogP contribution < -0.4 is 20.4 Å². The number of hydroxylamine groups is 2. The average Bonchev–Trinajstić information content (AvgIpc) is 3.20. The summed E-state index contributed by atoms with van der Waals surface area (Å²) in [4.78, 5) is 24.3. The van der Waals surface area contributed by atoms with Crippen LogP contribution in [0.15, 0.2) is 107 Å². The van der Waals surface area contributed by atoms with E-state index in [1.165, 1.54) is 62.8 Å². The summed E-state index contributed by atoms with van der Waals surface area (Å²) < 4.78 is 102. The minimum absolute atomic E-state index is 0.0560. The number of hydrogen-bond donors (Lipinski definition) is 2. The van der Waals surface area contributed by atoms with Gasteiger partial charge in [-0.3, -0.25) is 9.59 Å². The van der Waals surface area contributed by atoms with Gasteiger partial charge in [0.2, 0.25) is 11.8 Å². The van der Waals surface area contributed by atoms with E-state index < -0.39 is 53.5 Å². The normalized spacial score (nSPS) is 11.9. The maximum absolute atomic E-state index is 14.3. The number of aryl methyl sites for hydroxylation is 2. The molecule has 0 saturated heterocycles. The van der Waals surface area contributed by atoms with Gasteiger partial charge in [-0.1, -0.05) is 36.4 Å². The van der Waals surface area contributed by atoms with E-state index in [2.05, 4.69) is 0 Å². The predicted octanol–water partition coefficient (Wildman–Crippen LogP) is 6.96. The molecule has 6 rings (SSSR count). The van der Waals surface area contributed by atoms with Gasteiger partial charge in [0.05, 0.1) is 14.2 Å². The summed E-state index contributed by atoms with van der Waals surface area (Å²) in [5.74, 6) is -1.19. The van der Waals surface area contributed by atoms with Gasteiger partial charge in [-0.05, 0) is 108 Å². The molecular weight excluding hydrogens is 771 g/mol. The summed E-state index contributed by atoms with van der Waals surface area (Å²) in [7, 11) is -6.33. The Morgan fingerprint density at radius 3 is 1.34 bits per heavy atom. The molecule has 0 spiro atoms. The van der Waals surface area contributed by atoms with Crippen LogP contribution in [-0.4, -0.2) is 42.9 Å². The first-order valence-corrected chi connectivity index (χ1v) is 20.1. The van der Waals surface area contributed by atoms with Crippen molar-refractivity contribution in [1.29, 1.82) is 0 Å². The second-order valence-corrected chi connectivity index (χ2v) is 15.7. The average molecular weight is 807 g/mol. The van der Waals surface area contributed by atoms with Crippen LogP contribution in [0.25, 0.3) is 32.3 Å². The number of ether oxygens (including phenoxy) is 2. The molecule has 0 unspecified atom stereocenters. The van der Waals surface area contributed by atoms with Gasteiger partial charge in [0.1, 0.15) is 32.9 Å². The van der Waals surface area contributed by atoms with Crippen LogP contribution in [-0.2, 0) is 51.2 Å². The highest BCUT2D eigenvalue weighted by Crippen LogP contribution is 2.31. The van der Waals surface area contributed by atoms with Crippen molar-refractivity contribution in [3.8, 4) is 11.5 Å². The van der Waals surface area contributed by atoms with Crippen molar-refractivity contribution in [3.05, 3.63) is 120 Å². The van der Waals surface area contributed by atoms with Gasteiger partial charge in [0.15, 0.2) is 0 Å². The van der Waals surface area contributed by atoms with Gasteiger partial charge < -0.3 is 9.47 Å². The molecule has 6 aromatic carbocycles. The van der Waals surface area contributed by atoms with Crippen molar-refractivity contribution >= 4 is 64.4 Å². The third kappa shape index (κ3) is 8.89. The standard InChI is InChI=1S/C40H36F2N2O10S2/c1-51-27-17-19-29-33(23-27)25(15-21-35(29)41)7-3-13-39(45)43-53-55(47,48)37-11-5-10-32-31(37)9-6-12-38(32)56(49,50)54-44-40(46)14-4-8-26-16-22-36(42)30-20-18-28(52-2)24-34(26)30/h5-6,9-12,15-24H,3-4,7-8,13-14H2,1-2H3,(H,43,45)(H,44,46). The zero-order valence-corrected chi connectivity index (χ0v) is 31.8. The molecule has 0 fully saturated rings. The SMILES string of the molecule is COc1ccc2c(F)ccc(CCCC(=O)NOS(=O)(=O)c3cccc4c(S(=O)(=O)ONC(=O)CCCc5ccc(F)c6ccc(OC)cc56)cccc34)c2c1. The lowest BCUT2D eigenvalue weighted by Crippen LogP contribution is -2.27. The molecule has 0 aliphatic rings. The fourth-order valence-electron chi connectivity index (χ4n) is 6.35. The van der Waals surface area contributed by atoms with Crippen molar-refractivity contribution in [3.63, 3.8) is 0 Å². The van der Waals surface area contributed by atoms with E-state index in [0.29, 0.717) is 45.9 Å². The zero-order chi connectivity index (χ0) is 40.0. The number of hydrogen-bond acceptors (Lipinski definition) is 10. The minimum atomic E-state index is -4.66. The fourth-order valence-corrected chi connectivity index (χ4v) is 8.32. The number of methoxy groups -OCH3 is 2. The second-order valence-electron chi connectivity index (χ2n) is 12.7. The van der Waals surface area contributed by atoms with Gasteiger partial charge in [0, 0.05) is 34.4 Å². The van der Waals surface area contributed by atoms with Crippen molar-refractivity contribution in [2.45, 2.75) is 48.3 Å². The largest absolute Gasteiger partial charge is 0.497 e. The van der Waals surface area contributed by atoms with E-state index in [-0.39, 0.29) is 36.5 Å². The fraction of sp³-hybridized carbons (Fsp3) is 0.200. The highest BCUT2D eigenvalue weighted by atomic mass is 32.2. The van der Waals surface area contributed by atoms with Crippen LogP contribution in [0.3, 0.4) is 0 Å². The molecule has 0 saturated carbocycles. The molecule has 6 aromatic rings. The van der Waals surface area contributed by atoms with Crippen molar-refractivity contribution in [2.24, 2.45) is 0 Å². The molecule has 56 heavy (non-hydrogen) atoms. The number of benzene rings is 6. The van der Waals surface area contributed by atoms with Crippen LogP contribution >= 0.6 is 0 Å². The molecule has 292 valence electrons. The topological polar surface area (TPSA) is 163 Å². The van der Waals surface area contributed by atoms with Crippen LogP contribution in [0.2, 0.25) is 0 Å². The van der Waals surface area contributed by atoms with E-state index >= 15 is 0 Å². The van der Waals surface area contributed by atoms with Crippen LogP contribution in [0.4, 0.5) is 8.78 Å². The Labute approximate surface area is 321 Å². The summed E-state index contributed by atoms with van der Waals surface area (Å²) in [5.41, 5.74) is 5.41. The smallest absolute Gasteiger partial charge is 0.318 e. The Hall–Kier alpha value is -5.68. The third-order valence-electron chi connectivity index (χ3n) is 9.13. The predicted molar refractivity (Wildman–Crippen MR) is 204 cm³/mol. The highest BCUT2D eigenvalue weighted by Gasteiger charge is 2.25. The maximum Gasteiger partial charge on any atom is 0.318 e. The summed E-state index contributed by atoms with van der Waals surface area (Å²) in [6.07, 6.45) is 1.04. The summed E-state index contributed by atoms with van der Waals surface area (Å²) in [5, 5.41) is 1.94. The molecule has 12 nitrogen and oxygen atoms in total.